The first-order valence-corrected chi connectivity index (χ1v) is 7.49. The Morgan fingerprint density at radius 3 is 2.55 bits per heavy atom. The van der Waals surface area contributed by atoms with Crippen molar-refractivity contribution in [2.24, 2.45) is 0 Å². The molecule has 0 atom stereocenters. The van der Waals surface area contributed by atoms with E-state index in [9.17, 15) is 4.79 Å². The summed E-state index contributed by atoms with van der Waals surface area (Å²) in [5, 5.41) is 2.95. The lowest BCUT2D eigenvalue weighted by Gasteiger charge is -2.16. The Kier molecular flexibility index (Phi) is 5.67. The van der Waals surface area contributed by atoms with Gasteiger partial charge in [0.1, 0.15) is 0 Å². The summed E-state index contributed by atoms with van der Waals surface area (Å²) in [6, 6.07) is 9.98. The minimum atomic E-state index is 0.0143. The Morgan fingerprint density at radius 2 is 1.86 bits per heavy atom. The number of anilines is 1. The van der Waals surface area contributed by atoms with Gasteiger partial charge in [-0.3, -0.25) is 14.7 Å². The third-order valence-corrected chi connectivity index (χ3v) is 3.74. The van der Waals surface area contributed by atoms with Crippen LogP contribution in [0.5, 0.6) is 0 Å². The predicted molar refractivity (Wildman–Crippen MR) is 90.0 cm³/mol. The molecule has 1 heterocycles. The van der Waals surface area contributed by atoms with Crippen molar-refractivity contribution in [3.63, 3.8) is 0 Å². The van der Waals surface area contributed by atoms with Crippen LogP contribution in [0.3, 0.4) is 0 Å². The summed E-state index contributed by atoms with van der Waals surface area (Å²) >= 11 is 0. The van der Waals surface area contributed by atoms with Gasteiger partial charge in [0.05, 0.1) is 6.54 Å². The second-order valence-electron chi connectivity index (χ2n) is 5.69. The lowest BCUT2D eigenvalue weighted by atomic mass is 10.1. The van der Waals surface area contributed by atoms with Crippen LogP contribution in [0.15, 0.2) is 42.7 Å². The van der Waals surface area contributed by atoms with E-state index in [0.717, 1.165) is 18.7 Å². The summed E-state index contributed by atoms with van der Waals surface area (Å²) in [4.78, 5) is 18.1. The molecule has 1 N–H and O–H groups in total. The smallest absolute Gasteiger partial charge is 0.238 e. The predicted octanol–water partition coefficient (Wildman–Crippen LogP) is 2.81. The van der Waals surface area contributed by atoms with Gasteiger partial charge in [-0.25, -0.2) is 0 Å². The molecular weight excluding hydrogens is 274 g/mol. The molecule has 2 aromatic rings. The van der Waals surface area contributed by atoms with Gasteiger partial charge in [-0.15, -0.1) is 0 Å². The molecule has 0 aliphatic heterocycles. The van der Waals surface area contributed by atoms with Gasteiger partial charge in [-0.1, -0.05) is 6.07 Å². The molecule has 1 aromatic heterocycles. The quantitative estimate of drug-likeness (QED) is 0.892. The molecule has 116 valence electrons. The van der Waals surface area contributed by atoms with E-state index in [4.69, 9.17) is 0 Å². The Balaban J connectivity index is 1.79. The number of hydrogen-bond acceptors (Lipinski definition) is 3. The highest BCUT2D eigenvalue weighted by Gasteiger charge is 2.07. The van der Waals surface area contributed by atoms with E-state index in [0.29, 0.717) is 6.54 Å². The molecule has 0 saturated carbocycles. The number of pyridine rings is 1. The van der Waals surface area contributed by atoms with Crippen molar-refractivity contribution in [2.75, 3.05) is 25.5 Å². The molecule has 0 spiro atoms. The summed E-state index contributed by atoms with van der Waals surface area (Å²) < 4.78 is 0. The molecular formula is C18H23N3O. The van der Waals surface area contributed by atoms with Gasteiger partial charge in [-0.2, -0.15) is 0 Å². The van der Waals surface area contributed by atoms with Gasteiger partial charge in [-0.05, 0) is 68.3 Å². The number of nitrogens with one attached hydrogen (secondary N) is 1. The van der Waals surface area contributed by atoms with Crippen molar-refractivity contribution in [3.05, 3.63) is 59.4 Å². The zero-order valence-corrected chi connectivity index (χ0v) is 13.5. The fourth-order valence-electron chi connectivity index (χ4n) is 2.21. The molecule has 4 nitrogen and oxygen atoms in total. The number of rotatable bonds is 6. The first-order chi connectivity index (χ1) is 10.5. The molecule has 0 radical (unpaired) electrons. The number of benzene rings is 1. The van der Waals surface area contributed by atoms with E-state index in [2.05, 4.69) is 17.2 Å². The molecule has 1 aromatic carbocycles. The molecule has 4 heteroatoms. The van der Waals surface area contributed by atoms with Crippen LogP contribution >= 0.6 is 0 Å². The standard InChI is InChI=1S/C18H23N3O/c1-14-4-5-17(12-15(14)2)20-18(22)13-21(3)11-8-16-6-9-19-10-7-16/h4-7,9-10,12H,8,11,13H2,1-3H3,(H,20,22). The molecule has 0 unspecified atom stereocenters. The fraction of sp³-hybridized carbons (Fsp3) is 0.333. The third-order valence-electron chi connectivity index (χ3n) is 3.74. The summed E-state index contributed by atoms with van der Waals surface area (Å²) in [5.74, 6) is 0.0143. The minimum Gasteiger partial charge on any atom is -0.325 e. The Hall–Kier alpha value is -2.20. The monoisotopic (exact) mass is 297 g/mol. The maximum atomic E-state index is 12.1. The van der Waals surface area contributed by atoms with E-state index in [1.807, 2.05) is 49.2 Å². The van der Waals surface area contributed by atoms with Crippen molar-refractivity contribution in [3.8, 4) is 0 Å². The average Bonchev–Trinajstić information content (AvgIpc) is 2.50. The van der Waals surface area contributed by atoms with Gasteiger partial charge < -0.3 is 5.32 Å². The third kappa shape index (κ3) is 4.97. The Morgan fingerprint density at radius 1 is 1.14 bits per heavy atom. The van der Waals surface area contributed by atoms with E-state index < -0.39 is 0 Å². The first kappa shape index (κ1) is 16.2. The van der Waals surface area contributed by atoms with Crippen molar-refractivity contribution in [1.82, 2.24) is 9.88 Å². The van der Waals surface area contributed by atoms with Gasteiger partial charge in [0, 0.05) is 24.6 Å². The van der Waals surface area contributed by atoms with Crippen LogP contribution < -0.4 is 5.32 Å². The van der Waals surface area contributed by atoms with E-state index in [1.165, 1.54) is 16.7 Å². The van der Waals surface area contributed by atoms with Gasteiger partial charge in [0.15, 0.2) is 0 Å². The van der Waals surface area contributed by atoms with E-state index in [1.54, 1.807) is 12.4 Å². The summed E-state index contributed by atoms with van der Waals surface area (Å²) in [5.41, 5.74) is 4.50. The lowest BCUT2D eigenvalue weighted by Crippen LogP contribution is -2.31. The number of likely N-dealkylation sites (N-methyl/N-ethyl adjacent to an activating group) is 1. The Labute approximate surface area is 132 Å². The maximum Gasteiger partial charge on any atom is 0.238 e. The van der Waals surface area contributed by atoms with Crippen LogP contribution in [0.4, 0.5) is 5.69 Å². The molecule has 0 aliphatic rings. The number of aromatic nitrogens is 1. The molecule has 1 amide bonds. The summed E-state index contributed by atoms with van der Waals surface area (Å²) in [6.45, 7) is 5.34. The zero-order chi connectivity index (χ0) is 15.9. The van der Waals surface area contributed by atoms with Crippen LogP contribution in [-0.2, 0) is 11.2 Å². The van der Waals surface area contributed by atoms with E-state index >= 15 is 0 Å². The number of carbonyl (C=O) groups is 1. The highest BCUT2D eigenvalue weighted by molar-refractivity contribution is 5.92. The first-order valence-electron chi connectivity index (χ1n) is 7.49. The number of hydrogen-bond donors (Lipinski definition) is 1. The number of nitrogens with zero attached hydrogens (tertiary/aromatic N) is 2. The molecule has 22 heavy (non-hydrogen) atoms. The lowest BCUT2D eigenvalue weighted by molar-refractivity contribution is -0.117. The maximum absolute atomic E-state index is 12.1. The van der Waals surface area contributed by atoms with Gasteiger partial charge in [0.25, 0.3) is 0 Å². The summed E-state index contributed by atoms with van der Waals surface area (Å²) in [7, 11) is 1.96. The molecule has 0 fully saturated rings. The molecule has 2 rings (SSSR count). The van der Waals surface area contributed by atoms with Crippen LogP contribution in [0, 0.1) is 13.8 Å². The zero-order valence-electron chi connectivity index (χ0n) is 13.5. The fourth-order valence-corrected chi connectivity index (χ4v) is 2.21. The second kappa shape index (κ2) is 7.71. The van der Waals surface area contributed by atoms with Crippen molar-refractivity contribution >= 4 is 11.6 Å². The highest BCUT2D eigenvalue weighted by atomic mass is 16.2. The van der Waals surface area contributed by atoms with Crippen LogP contribution in [0.2, 0.25) is 0 Å². The van der Waals surface area contributed by atoms with Crippen molar-refractivity contribution < 1.29 is 4.79 Å². The van der Waals surface area contributed by atoms with Gasteiger partial charge in [0.2, 0.25) is 5.91 Å². The number of aryl methyl sites for hydroxylation is 2. The molecule has 0 bridgehead atoms. The van der Waals surface area contributed by atoms with Crippen LogP contribution in [-0.4, -0.2) is 35.9 Å². The average molecular weight is 297 g/mol. The second-order valence-corrected chi connectivity index (χ2v) is 5.69. The topological polar surface area (TPSA) is 45.2 Å². The number of amides is 1. The number of carbonyl (C=O) groups excluding carboxylic acids is 1. The van der Waals surface area contributed by atoms with Gasteiger partial charge >= 0.3 is 0 Å². The van der Waals surface area contributed by atoms with E-state index in [-0.39, 0.29) is 5.91 Å². The Bertz CT molecular complexity index is 625. The van der Waals surface area contributed by atoms with Crippen molar-refractivity contribution in [1.29, 1.82) is 0 Å². The normalized spacial score (nSPS) is 10.7. The largest absolute Gasteiger partial charge is 0.325 e. The summed E-state index contributed by atoms with van der Waals surface area (Å²) in [6.07, 6.45) is 4.50. The highest BCUT2D eigenvalue weighted by Crippen LogP contribution is 2.14. The van der Waals surface area contributed by atoms with Crippen LogP contribution in [0.1, 0.15) is 16.7 Å². The van der Waals surface area contributed by atoms with Crippen LogP contribution in [0.25, 0.3) is 0 Å². The minimum absolute atomic E-state index is 0.0143. The molecule has 0 aliphatic carbocycles. The SMILES string of the molecule is Cc1ccc(NC(=O)CN(C)CCc2ccncc2)cc1C. The molecule has 0 saturated heterocycles. The van der Waals surface area contributed by atoms with Crippen molar-refractivity contribution in [2.45, 2.75) is 20.3 Å².